The fourth-order valence-electron chi connectivity index (χ4n) is 8.91. The Hall–Kier alpha value is -6.90. The number of furan rings is 1. The zero-order valence-electron chi connectivity index (χ0n) is 28.0. The fourth-order valence-corrected chi connectivity index (χ4v) is 8.91. The molecule has 0 atom stereocenters. The van der Waals surface area contributed by atoms with Gasteiger partial charge in [-0.05, 0) is 113 Å². The molecule has 0 unspecified atom stereocenters. The third kappa shape index (κ3) is 3.78. The predicted octanol–water partition coefficient (Wildman–Crippen LogP) is 14.5. The Labute approximate surface area is 298 Å². The molecular weight excluding hydrogens is 633 g/mol. The first-order valence-corrected chi connectivity index (χ1v) is 17.8. The SMILES string of the molecule is c1ccc2c(c1)cc(-c1ccc3c(c1)Oc1cccc4c1c-3cc1c3ccccc3c(-c3cccc5c3oc3ccccc35)cc41)c1ccccc12. The van der Waals surface area contributed by atoms with E-state index in [0.717, 1.165) is 61.1 Å². The first-order valence-electron chi connectivity index (χ1n) is 17.8. The van der Waals surface area contributed by atoms with Crippen molar-refractivity contribution in [1.82, 2.24) is 0 Å². The molecule has 0 saturated heterocycles. The van der Waals surface area contributed by atoms with Crippen molar-refractivity contribution in [2.75, 3.05) is 0 Å². The molecule has 52 heavy (non-hydrogen) atoms. The number of rotatable bonds is 2. The van der Waals surface area contributed by atoms with Crippen LogP contribution in [-0.2, 0) is 0 Å². The molecule has 2 nitrogen and oxygen atoms in total. The highest BCUT2D eigenvalue weighted by atomic mass is 16.5. The molecule has 1 aliphatic rings. The van der Waals surface area contributed by atoms with Gasteiger partial charge < -0.3 is 9.15 Å². The van der Waals surface area contributed by atoms with Crippen LogP contribution in [0.25, 0.3) is 109 Å². The van der Waals surface area contributed by atoms with E-state index in [1.165, 1.54) is 59.6 Å². The van der Waals surface area contributed by atoms with E-state index in [2.05, 4.69) is 164 Å². The van der Waals surface area contributed by atoms with E-state index in [1.54, 1.807) is 0 Å². The zero-order valence-corrected chi connectivity index (χ0v) is 28.0. The average Bonchev–Trinajstić information content (AvgIpc) is 3.59. The number of benzene rings is 10. The molecule has 0 fully saturated rings. The van der Waals surface area contributed by atoms with Crippen molar-refractivity contribution in [2.24, 2.45) is 0 Å². The Bertz CT molecular complexity index is 3330. The van der Waals surface area contributed by atoms with Crippen LogP contribution in [0.2, 0.25) is 0 Å². The van der Waals surface area contributed by atoms with Gasteiger partial charge in [-0.1, -0.05) is 127 Å². The van der Waals surface area contributed by atoms with Gasteiger partial charge in [0.2, 0.25) is 0 Å². The van der Waals surface area contributed by atoms with Crippen LogP contribution in [0.3, 0.4) is 0 Å². The second-order valence-electron chi connectivity index (χ2n) is 14.0. The molecule has 2 heteroatoms. The molecule has 11 aromatic rings. The molecule has 10 aromatic carbocycles. The molecule has 0 radical (unpaired) electrons. The van der Waals surface area contributed by atoms with E-state index >= 15 is 0 Å². The van der Waals surface area contributed by atoms with Crippen LogP contribution >= 0.6 is 0 Å². The van der Waals surface area contributed by atoms with Crippen molar-refractivity contribution in [3.8, 4) is 44.9 Å². The fraction of sp³-hybridized carbons (Fsp3) is 0. The van der Waals surface area contributed by atoms with Crippen LogP contribution in [0, 0.1) is 0 Å². The zero-order chi connectivity index (χ0) is 33.9. The standard InChI is InChI=1S/C50H28O2/c1-2-12-31-29(11-1)25-41(33-14-4-3-13-32(31)33)30-23-24-37-45-28-43-35-16-6-5-15-34(35)42(27-44(43)38-18-10-22-47(49(38)45)51-48(37)26-30)40-20-9-19-39-36-17-7-8-21-46(36)52-50(39)40/h1-28H. The van der Waals surface area contributed by atoms with E-state index in [1.807, 2.05) is 6.07 Å². The van der Waals surface area contributed by atoms with Crippen LogP contribution in [-0.4, -0.2) is 0 Å². The molecule has 0 N–H and O–H groups in total. The molecule has 0 saturated carbocycles. The molecule has 1 aromatic heterocycles. The number of hydrogen-bond acceptors (Lipinski definition) is 2. The quantitative estimate of drug-likeness (QED) is 0.172. The Morgan fingerprint density at radius 1 is 0.308 bits per heavy atom. The predicted molar refractivity (Wildman–Crippen MR) is 218 cm³/mol. The topological polar surface area (TPSA) is 22.4 Å². The van der Waals surface area contributed by atoms with Crippen LogP contribution in [0.4, 0.5) is 0 Å². The van der Waals surface area contributed by atoms with Gasteiger partial charge >= 0.3 is 0 Å². The number of hydrogen-bond donors (Lipinski definition) is 0. The normalized spacial score (nSPS) is 12.4. The summed E-state index contributed by atoms with van der Waals surface area (Å²) >= 11 is 0. The third-order valence-electron chi connectivity index (χ3n) is 11.2. The van der Waals surface area contributed by atoms with Gasteiger partial charge in [0.25, 0.3) is 0 Å². The summed E-state index contributed by atoms with van der Waals surface area (Å²) in [5.74, 6) is 1.77. The Morgan fingerprint density at radius 2 is 0.942 bits per heavy atom. The van der Waals surface area contributed by atoms with Gasteiger partial charge in [0, 0.05) is 27.3 Å². The van der Waals surface area contributed by atoms with E-state index < -0.39 is 0 Å². The van der Waals surface area contributed by atoms with Crippen molar-refractivity contribution in [2.45, 2.75) is 0 Å². The molecular formula is C50H28O2. The van der Waals surface area contributed by atoms with Crippen molar-refractivity contribution >= 4 is 75.8 Å². The maximum absolute atomic E-state index is 6.84. The van der Waals surface area contributed by atoms with Crippen molar-refractivity contribution in [3.05, 3.63) is 170 Å². The van der Waals surface area contributed by atoms with Crippen molar-refractivity contribution in [1.29, 1.82) is 0 Å². The monoisotopic (exact) mass is 660 g/mol. The summed E-state index contributed by atoms with van der Waals surface area (Å²) in [4.78, 5) is 0. The highest BCUT2D eigenvalue weighted by Crippen LogP contribution is 2.52. The first-order chi connectivity index (χ1) is 25.8. The average molecular weight is 661 g/mol. The summed E-state index contributed by atoms with van der Waals surface area (Å²) in [7, 11) is 0. The molecule has 0 amide bonds. The van der Waals surface area contributed by atoms with E-state index in [-0.39, 0.29) is 0 Å². The minimum atomic E-state index is 0.881. The first kappa shape index (κ1) is 27.9. The van der Waals surface area contributed by atoms with Crippen LogP contribution in [0.5, 0.6) is 11.5 Å². The molecule has 240 valence electrons. The maximum atomic E-state index is 6.84. The smallest absolute Gasteiger partial charge is 0.143 e. The molecule has 0 spiro atoms. The molecule has 0 aliphatic carbocycles. The lowest BCUT2D eigenvalue weighted by Gasteiger charge is -2.24. The van der Waals surface area contributed by atoms with Crippen LogP contribution in [0.1, 0.15) is 0 Å². The lowest BCUT2D eigenvalue weighted by atomic mass is 9.85. The van der Waals surface area contributed by atoms with Gasteiger partial charge in [-0.3, -0.25) is 0 Å². The largest absolute Gasteiger partial charge is 0.456 e. The summed E-state index contributed by atoms with van der Waals surface area (Å²) in [5.41, 5.74) is 8.76. The highest BCUT2D eigenvalue weighted by Gasteiger charge is 2.24. The molecule has 0 bridgehead atoms. The summed E-state index contributed by atoms with van der Waals surface area (Å²) in [6, 6.07) is 61.3. The second kappa shape index (κ2) is 10.3. The lowest BCUT2D eigenvalue weighted by Crippen LogP contribution is -1.98. The van der Waals surface area contributed by atoms with Crippen LogP contribution < -0.4 is 4.74 Å². The Kier molecular flexibility index (Phi) is 5.53. The summed E-state index contributed by atoms with van der Waals surface area (Å²) in [6.07, 6.45) is 0. The summed E-state index contributed by atoms with van der Waals surface area (Å²) in [5, 5.41) is 14.5. The van der Waals surface area contributed by atoms with E-state index in [9.17, 15) is 0 Å². The van der Waals surface area contributed by atoms with Gasteiger partial charge in [0.05, 0.1) is 0 Å². The Morgan fingerprint density at radius 3 is 1.81 bits per heavy atom. The number of fused-ring (bicyclic) bond motifs is 12. The van der Waals surface area contributed by atoms with Crippen molar-refractivity contribution < 1.29 is 9.15 Å². The van der Waals surface area contributed by atoms with E-state index in [0.29, 0.717) is 0 Å². The number of ether oxygens (including phenoxy) is 1. The second-order valence-corrected chi connectivity index (χ2v) is 14.0. The van der Waals surface area contributed by atoms with Gasteiger partial charge in [-0.15, -0.1) is 0 Å². The minimum Gasteiger partial charge on any atom is -0.456 e. The Balaban J connectivity index is 1.11. The molecule has 2 heterocycles. The number of para-hydroxylation sites is 2. The molecule has 1 aliphatic heterocycles. The van der Waals surface area contributed by atoms with Crippen LogP contribution in [0.15, 0.2) is 174 Å². The summed E-state index contributed by atoms with van der Waals surface area (Å²) < 4.78 is 13.4. The maximum Gasteiger partial charge on any atom is 0.143 e. The molecule has 12 rings (SSSR count). The van der Waals surface area contributed by atoms with E-state index in [4.69, 9.17) is 9.15 Å². The van der Waals surface area contributed by atoms with Gasteiger partial charge in [0.1, 0.15) is 22.7 Å². The third-order valence-corrected chi connectivity index (χ3v) is 11.2. The highest BCUT2D eigenvalue weighted by molar-refractivity contribution is 6.26. The van der Waals surface area contributed by atoms with Gasteiger partial charge in [-0.25, -0.2) is 0 Å². The van der Waals surface area contributed by atoms with Gasteiger partial charge in [0.15, 0.2) is 0 Å². The lowest BCUT2D eigenvalue weighted by molar-refractivity contribution is 0.487. The van der Waals surface area contributed by atoms with Crippen molar-refractivity contribution in [3.63, 3.8) is 0 Å². The van der Waals surface area contributed by atoms with Gasteiger partial charge in [-0.2, -0.15) is 0 Å². The summed E-state index contributed by atoms with van der Waals surface area (Å²) in [6.45, 7) is 0. The minimum absolute atomic E-state index is 0.881.